The molecule has 2 aliphatic heterocycles. The Balaban J connectivity index is 0.995. The minimum Gasteiger partial charge on any atom is -0.455 e. The van der Waals surface area contributed by atoms with Gasteiger partial charge in [0.25, 0.3) is 0 Å². The second-order valence-corrected chi connectivity index (χ2v) is 17.9. The Morgan fingerprint density at radius 1 is 0.870 bits per heavy atom. The summed E-state index contributed by atoms with van der Waals surface area (Å²) in [6.07, 6.45) is -11.7. The number of nitrogens with one attached hydrogen (secondary N) is 1. The Morgan fingerprint density at radius 2 is 1.51 bits per heavy atom. The van der Waals surface area contributed by atoms with E-state index in [2.05, 4.69) is 29.8 Å². The van der Waals surface area contributed by atoms with Crippen molar-refractivity contribution >= 4 is 62.1 Å². The number of aliphatic hydroxyl groups excluding tert-OH is 2. The zero-order chi connectivity index (χ0) is 49.8. The Kier molecular flexibility index (Phi) is 15.5. The van der Waals surface area contributed by atoms with Gasteiger partial charge in [-0.2, -0.15) is 4.98 Å². The topological polar surface area (TPSA) is 397 Å². The molecule has 5 heterocycles. The molecule has 69 heavy (non-hydrogen) atoms. The Hall–Kier alpha value is -6.33. The number of nitrogen functional groups attached to an aromatic ring is 2. The van der Waals surface area contributed by atoms with Gasteiger partial charge < -0.3 is 65.5 Å². The van der Waals surface area contributed by atoms with Gasteiger partial charge in [0.2, 0.25) is 5.91 Å². The summed E-state index contributed by atoms with van der Waals surface area (Å²) in [5, 5.41) is 25.4. The maximum atomic E-state index is 13.5. The molecule has 9 atom stereocenters. The number of fused-ring (bicyclic) bond motifs is 1. The van der Waals surface area contributed by atoms with E-state index in [4.69, 9.17) is 39.5 Å². The number of amides is 2. The van der Waals surface area contributed by atoms with Crippen LogP contribution in [-0.2, 0) is 64.3 Å². The van der Waals surface area contributed by atoms with Crippen molar-refractivity contribution in [3.05, 3.63) is 101 Å². The second-order valence-electron chi connectivity index (χ2n) is 15.3. The van der Waals surface area contributed by atoms with Gasteiger partial charge in [-0.05, 0) is 41.5 Å². The molecule has 10 N–H and O–H groups in total. The third-order valence-corrected chi connectivity index (χ3v) is 11.8. The van der Waals surface area contributed by atoms with Crippen LogP contribution in [0.4, 0.5) is 26.5 Å². The zero-order valence-electron chi connectivity index (χ0n) is 35.7. The van der Waals surface area contributed by atoms with Crippen LogP contribution in [0.2, 0.25) is 0 Å². The van der Waals surface area contributed by atoms with Crippen molar-refractivity contribution < 1.29 is 85.3 Å². The molecule has 2 saturated heterocycles. The van der Waals surface area contributed by atoms with Crippen LogP contribution in [0.5, 0.6) is 0 Å². The zero-order valence-corrected chi connectivity index (χ0v) is 37.5. The number of phosphoric acid groups is 2. The quantitative estimate of drug-likeness (QED) is 0.0419. The highest BCUT2D eigenvalue weighted by Crippen LogP contribution is 2.50. The number of carbonyl (C=O) groups excluding carboxylic acids is 3. The molecule has 2 unspecified atom stereocenters. The molecule has 0 radical (unpaired) electrons. The first-order valence-corrected chi connectivity index (χ1v) is 23.2. The minimum absolute atomic E-state index is 0.00698. The van der Waals surface area contributed by atoms with Crippen LogP contribution in [-0.4, -0.2) is 140 Å². The lowest BCUT2D eigenvalue weighted by Crippen LogP contribution is -2.42. The summed E-state index contributed by atoms with van der Waals surface area (Å²) in [6.45, 7) is -3.06. The van der Waals surface area contributed by atoms with Crippen LogP contribution in [0.1, 0.15) is 23.6 Å². The van der Waals surface area contributed by atoms with Gasteiger partial charge in [-0.3, -0.25) is 32.3 Å². The van der Waals surface area contributed by atoms with Crippen LogP contribution in [0.15, 0.2) is 78.2 Å². The van der Waals surface area contributed by atoms with Crippen molar-refractivity contribution in [2.75, 3.05) is 43.6 Å². The molecule has 0 bridgehead atoms. The molecule has 31 heteroatoms. The molecule has 3 aromatic heterocycles. The molecule has 0 aliphatic carbocycles. The van der Waals surface area contributed by atoms with E-state index in [0.29, 0.717) is 16.8 Å². The number of hydrogen-bond donors (Lipinski definition) is 8. The lowest BCUT2D eigenvalue weighted by molar-refractivity contribution is -0.157. The Labute approximate surface area is 387 Å². The second kappa shape index (κ2) is 21.1. The van der Waals surface area contributed by atoms with E-state index in [9.17, 15) is 57.6 Å². The predicted octanol–water partition coefficient (Wildman–Crippen LogP) is -0.124. The number of carbonyl (C=O) groups is 3. The number of benzene rings is 2. The van der Waals surface area contributed by atoms with Gasteiger partial charge in [0.1, 0.15) is 67.2 Å². The number of hydrogen-bond acceptors (Lipinski definition) is 21. The monoisotopic (exact) mass is 1010 g/mol. The molecule has 28 nitrogen and oxygen atoms in total. The van der Waals surface area contributed by atoms with Gasteiger partial charge in [0, 0.05) is 18.9 Å². The summed E-state index contributed by atoms with van der Waals surface area (Å²) in [5.41, 5.74) is 12.1. The molecule has 2 aliphatic rings. The molecule has 0 saturated carbocycles. The average molecular weight is 1010 g/mol. The molecule has 2 aromatic carbocycles. The van der Waals surface area contributed by atoms with Crippen LogP contribution < -0.4 is 22.5 Å². The SMILES string of the molecule is CN(CC(=O)O[C@@H]1C(COP(=O)(O)O[C@H]2[C@@H](O)[C@H](n3ccc(N)nc3=O)O[C@@H]2COP(=O)(O)O)O[C@@H](n2cnc3c(N)ncnc32)[C@@H]1O)C(=O)OCc1ccc(NC(=O)Cc2ccc(F)cc2)cc1. The number of phosphoric ester groups is 2. The summed E-state index contributed by atoms with van der Waals surface area (Å²) in [6, 6.07) is 12.9. The number of rotatable bonds is 18. The minimum atomic E-state index is -5.44. The molecule has 7 rings (SSSR count). The third kappa shape index (κ3) is 12.7. The van der Waals surface area contributed by atoms with E-state index in [1.807, 2.05) is 0 Å². The van der Waals surface area contributed by atoms with Gasteiger partial charge in [-0.25, -0.2) is 38.1 Å². The number of anilines is 3. The molecule has 5 aromatic rings. The van der Waals surface area contributed by atoms with E-state index < -0.39 is 108 Å². The van der Waals surface area contributed by atoms with Gasteiger partial charge in [0.15, 0.2) is 30.0 Å². The van der Waals surface area contributed by atoms with Gasteiger partial charge in [-0.15, -0.1) is 0 Å². The van der Waals surface area contributed by atoms with Crippen molar-refractivity contribution in [3.8, 4) is 0 Å². The van der Waals surface area contributed by atoms with Gasteiger partial charge >= 0.3 is 33.4 Å². The normalized spacial score (nSPS) is 23.3. The fraction of sp³-hybridized carbons (Fsp3) is 0.368. The largest absolute Gasteiger partial charge is 0.472 e. The number of nitrogens with two attached hydrogens (primary N) is 2. The number of halogens is 1. The molecule has 2 amide bonds. The van der Waals surface area contributed by atoms with Crippen molar-refractivity contribution in [2.45, 2.75) is 62.1 Å². The summed E-state index contributed by atoms with van der Waals surface area (Å²) >= 11 is 0. The smallest absolute Gasteiger partial charge is 0.455 e. The number of aromatic nitrogens is 6. The fourth-order valence-electron chi connectivity index (χ4n) is 7.02. The molecule has 370 valence electrons. The highest BCUT2D eigenvalue weighted by Gasteiger charge is 2.52. The maximum absolute atomic E-state index is 13.5. The van der Waals surface area contributed by atoms with E-state index >= 15 is 0 Å². The van der Waals surface area contributed by atoms with Crippen molar-refractivity contribution in [1.29, 1.82) is 0 Å². The summed E-state index contributed by atoms with van der Waals surface area (Å²) < 4.78 is 77.4. The van der Waals surface area contributed by atoms with Crippen LogP contribution in [0.25, 0.3) is 11.2 Å². The first-order valence-electron chi connectivity index (χ1n) is 20.2. The Morgan fingerprint density at radius 3 is 2.19 bits per heavy atom. The van der Waals surface area contributed by atoms with Crippen molar-refractivity contribution in [2.24, 2.45) is 0 Å². The van der Waals surface area contributed by atoms with E-state index in [1.54, 1.807) is 24.3 Å². The molecular formula is C38H43FN10O18P2. The first-order chi connectivity index (χ1) is 32.6. The van der Waals surface area contributed by atoms with E-state index in [0.717, 1.165) is 28.1 Å². The predicted molar refractivity (Wildman–Crippen MR) is 229 cm³/mol. The Bertz CT molecular complexity index is 2820. The highest BCUT2D eigenvalue weighted by molar-refractivity contribution is 7.47. The fourth-order valence-corrected chi connectivity index (χ4v) is 8.33. The lowest BCUT2D eigenvalue weighted by Gasteiger charge is -2.25. The summed E-state index contributed by atoms with van der Waals surface area (Å²) in [5.74, 6) is -2.14. The summed E-state index contributed by atoms with van der Waals surface area (Å²) in [7, 11) is -9.42. The molecule has 0 spiro atoms. The number of likely N-dealkylation sites (N-methyl/N-ethyl adjacent to an activating group) is 1. The number of imidazole rings is 1. The first kappa shape index (κ1) is 50.5. The third-order valence-electron chi connectivity index (χ3n) is 10.3. The van der Waals surface area contributed by atoms with Crippen LogP contribution in [0.3, 0.4) is 0 Å². The average Bonchev–Trinajstić information content (AvgIpc) is 3.95. The lowest BCUT2D eigenvalue weighted by atomic mass is 10.1. The van der Waals surface area contributed by atoms with Crippen LogP contribution in [0, 0.1) is 5.82 Å². The van der Waals surface area contributed by atoms with E-state index in [1.165, 1.54) is 42.2 Å². The number of esters is 1. The number of aliphatic hydroxyl groups is 2. The van der Waals surface area contributed by atoms with E-state index in [-0.39, 0.29) is 41.7 Å². The highest BCUT2D eigenvalue weighted by atomic mass is 31.2. The number of nitrogens with zero attached hydrogens (tertiary/aromatic N) is 7. The van der Waals surface area contributed by atoms with Gasteiger partial charge in [-0.1, -0.05) is 24.3 Å². The maximum Gasteiger partial charge on any atom is 0.472 e. The standard InChI is InChI=1S/C38H43FN10O18P2/c1-47(38(55)61-14-20-4-8-22(9-5-20)45-26(50)12-19-2-6-21(39)7-3-19)13-27(51)66-31-23(64-36(29(31)52)49-18-44-28-33(41)42-17-43-34(28)49)16-63-69(59,60)67-32-24(15-62-68(56,57)58)65-35(30(32)53)48-11-10-25(40)46-37(48)54/h2-11,17-18,23-24,29-32,35-36,52-53H,12-16H2,1H3,(H,45,50)(H,59,60)(H2,40,46,54)(H2,41,42,43)(H2,56,57,58)/t23?,24-,29-,30-,31-,32-,35-,36-/m1/s1. The summed E-state index contributed by atoms with van der Waals surface area (Å²) in [4.78, 5) is 97.2. The van der Waals surface area contributed by atoms with Gasteiger partial charge in [0.05, 0.1) is 26.0 Å². The van der Waals surface area contributed by atoms with Crippen LogP contribution >= 0.6 is 15.6 Å². The number of ether oxygens (including phenoxy) is 4. The van der Waals surface area contributed by atoms with Crippen molar-refractivity contribution in [1.82, 2.24) is 34.0 Å². The van der Waals surface area contributed by atoms with Crippen molar-refractivity contribution in [3.63, 3.8) is 0 Å². The molecule has 2 fully saturated rings. The molecular weight excluding hydrogens is 965 g/mol.